The fourth-order valence-corrected chi connectivity index (χ4v) is 11.6. The van der Waals surface area contributed by atoms with Crippen LogP contribution < -0.4 is 9.47 Å². The van der Waals surface area contributed by atoms with Crippen molar-refractivity contribution < 1.29 is 9.47 Å². The summed E-state index contributed by atoms with van der Waals surface area (Å²) in [5.74, 6) is 3.30. The third-order valence-electron chi connectivity index (χ3n) is 12.2. The van der Waals surface area contributed by atoms with Gasteiger partial charge in [0.2, 0.25) is 0 Å². The maximum atomic E-state index is 7.98. The summed E-state index contributed by atoms with van der Waals surface area (Å²) in [4.78, 5) is 0. The highest BCUT2D eigenvalue weighted by Gasteiger charge is 2.55. The fourth-order valence-electron chi connectivity index (χ4n) is 10.2. The monoisotopic (exact) mass is 866 g/mol. The molecule has 11 rings (SSSR count). The molecular formula is C48H30Br2Cl2O2. The van der Waals surface area contributed by atoms with E-state index >= 15 is 0 Å². The molecule has 54 heavy (non-hydrogen) atoms. The Morgan fingerprint density at radius 1 is 0.407 bits per heavy atom. The summed E-state index contributed by atoms with van der Waals surface area (Å²) in [5, 5.41) is 1.21. The molecule has 7 aromatic rings. The molecule has 0 atom stereocenters. The first-order chi connectivity index (χ1) is 26.4. The Kier molecular flexibility index (Phi) is 7.40. The van der Waals surface area contributed by atoms with Crippen molar-refractivity contribution in [2.24, 2.45) is 0 Å². The average molecular weight is 869 g/mol. The molecule has 2 aliphatic heterocycles. The molecule has 2 aliphatic carbocycles. The van der Waals surface area contributed by atoms with Gasteiger partial charge in [-0.15, -0.1) is 0 Å². The average Bonchev–Trinajstić information content (AvgIpc) is 3.43. The lowest BCUT2D eigenvalue weighted by Crippen LogP contribution is -2.39. The van der Waals surface area contributed by atoms with Gasteiger partial charge in [-0.3, -0.25) is 0 Å². The predicted octanol–water partition coefficient (Wildman–Crippen LogP) is 13.7. The third kappa shape index (κ3) is 4.29. The van der Waals surface area contributed by atoms with Crippen molar-refractivity contribution >= 4 is 55.1 Å². The number of fused-ring (bicyclic) bond motifs is 17. The topological polar surface area (TPSA) is 18.5 Å². The lowest BCUT2D eigenvalue weighted by molar-refractivity contribution is 0.431. The van der Waals surface area contributed by atoms with Gasteiger partial charge in [-0.25, -0.2) is 0 Å². The van der Waals surface area contributed by atoms with Gasteiger partial charge in [0.1, 0.15) is 23.0 Å². The molecule has 0 aromatic heterocycles. The minimum atomic E-state index is -0.857. The Labute approximate surface area is 341 Å². The number of rotatable bonds is 0. The van der Waals surface area contributed by atoms with Gasteiger partial charge >= 0.3 is 0 Å². The first kappa shape index (κ1) is 33.1. The zero-order valence-electron chi connectivity index (χ0n) is 28.9. The Hall–Kier alpha value is -4.32. The minimum Gasteiger partial charge on any atom is -0.457 e. The number of hydrogen-bond acceptors (Lipinski definition) is 2. The molecule has 0 bridgehead atoms. The highest BCUT2D eigenvalue weighted by Crippen LogP contribution is 2.65. The van der Waals surface area contributed by atoms with E-state index in [9.17, 15) is 0 Å². The van der Waals surface area contributed by atoms with Crippen molar-refractivity contribution in [3.63, 3.8) is 0 Å². The van der Waals surface area contributed by atoms with Crippen LogP contribution in [0.4, 0.5) is 0 Å². The van der Waals surface area contributed by atoms with Crippen LogP contribution in [0, 0.1) is 0 Å². The predicted molar refractivity (Wildman–Crippen MR) is 223 cm³/mol. The molecule has 0 amide bonds. The van der Waals surface area contributed by atoms with Gasteiger partial charge in [-0.2, -0.15) is 0 Å². The van der Waals surface area contributed by atoms with Crippen LogP contribution in [0.3, 0.4) is 0 Å². The van der Waals surface area contributed by atoms with Gasteiger partial charge in [0.05, 0.1) is 20.9 Å². The van der Waals surface area contributed by atoms with Gasteiger partial charge < -0.3 is 9.47 Å². The number of benzene rings is 7. The molecule has 4 aliphatic rings. The maximum absolute atomic E-state index is 7.98. The molecule has 2 nitrogen and oxygen atoms in total. The van der Waals surface area contributed by atoms with Crippen molar-refractivity contribution in [2.45, 2.75) is 36.5 Å². The second-order valence-electron chi connectivity index (χ2n) is 14.6. The summed E-state index contributed by atoms with van der Waals surface area (Å²) in [6.45, 7) is 0. The Morgan fingerprint density at radius 3 is 1.24 bits per heavy atom. The molecule has 262 valence electrons. The van der Waals surface area contributed by atoms with Crippen LogP contribution in [-0.4, -0.2) is 0 Å². The summed E-state index contributed by atoms with van der Waals surface area (Å²) in [6.07, 6.45) is 3.13. The van der Waals surface area contributed by atoms with Gasteiger partial charge in [0.25, 0.3) is 0 Å². The van der Waals surface area contributed by atoms with Crippen LogP contribution in [0.15, 0.2) is 142 Å². The number of ether oxygens (including phenoxy) is 2. The second-order valence-corrected chi connectivity index (χ2v) is 17.2. The maximum Gasteiger partial charge on any atom is 0.132 e. The van der Waals surface area contributed by atoms with E-state index in [1.807, 2.05) is 12.1 Å². The molecule has 2 spiro atoms. The smallest absolute Gasteiger partial charge is 0.132 e. The third-order valence-corrected chi connectivity index (χ3v) is 14.1. The second kappa shape index (κ2) is 12.1. The number of para-hydroxylation sites is 4. The van der Waals surface area contributed by atoms with Crippen LogP contribution in [0.5, 0.6) is 23.0 Å². The van der Waals surface area contributed by atoms with Crippen molar-refractivity contribution in [2.75, 3.05) is 0 Å². The van der Waals surface area contributed by atoms with Gasteiger partial charge in [-0.05, 0) is 119 Å². The highest BCUT2D eigenvalue weighted by atomic mass is 79.9. The molecule has 0 radical (unpaired) electrons. The van der Waals surface area contributed by atoms with Crippen molar-refractivity contribution in [1.29, 1.82) is 0 Å². The Balaban J connectivity index is 1.41. The lowest BCUT2D eigenvalue weighted by Gasteiger charge is -2.46. The number of hydrogen-bond donors (Lipinski definition) is 0. The lowest BCUT2D eigenvalue weighted by atomic mass is 9.58. The minimum absolute atomic E-state index is 0.598. The van der Waals surface area contributed by atoms with Crippen molar-refractivity contribution in [3.05, 3.63) is 219 Å². The number of halogens is 4. The highest BCUT2D eigenvalue weighted by molar-refractivity contribution is 9.10. The fraction of sp³-hybridized carbons (Fsp3) is 0.125. The van der Waals surface area contributed by atoms with E-state index in [1.54, 1.807) is 0 Å². The molecule has 0 saturated heterocycles. The zero-order chi connectivity index (χ0) is 36.3. The van der Waals surface area contributed by atoms with E-state index in [4.69, 9.17) is 32.7 Å². The largest absolute Gasteiger partial charge is 0.457 e. The van der Waals surface area contributed by atoms with E-state index in [2.05, 4.69) is 153 Å². The van der Waals surface area contributed by atoms with E-state index in [0.717, 1.165) is 91.0 Å². The zero-order valence-corrected chi connectivity index (χ0v) is 33.5. The molecule has 6 heteroatoms. The van der Waals surface area contributed by atoms with Crippen LogP contribution in [-0.2, 0) is 36.5 Å². The first-order valence-electron chi connectivity index (χ1n) is 18.3. The van der Waals surface area contributed by atoms with Gasteiger partial charge in [0.15, 0.2) is 0 Å². The molecule has 0 saturated carbocycles. The van der Waals surface area contributed by atoms with E-state index < -0.39 is 10.8 Å². The molecule has 0 fully saturated rings. The Morgan fingerprint density at radius 2 is 0.796 bits per heavy atom. The van der Waals surface area contributed by atoms with Crippen molar-refractivity contribution in [3.8, 4) is 23.0 Å². The summed E-state index contributed by atoms with van der Waals surface area (Å²) >= 11 is 23.7. The molecular weight excluding hydrogens is 839 g/mol. The molecule has 2 heterocycles. The van der Waals surface area contributed by atoms with E-state index in [0.29, 0.717) is 10.0 Å². The molecule has 7 aromatic carbocycles. The van der Waals surface area contributed by atoms with Crippen LogP contribution in [0.1, 0.15) is 66.8 Å². The quantitative estimate of drug-likeness (QED) is 0.151. The van der Waals surface area contributed by atoms with Gasteiger partial charge in [-0.1, -0.05) is 140 Å². The van der Waals surface area contributed by atoms with E-state index in [1.165, 1.54) is 33.4 Å². The van der Waals surface area contributed by atoms with Gasteiger partial charge in [0, 0.05) is 31.2 Å². The van der Waals surface area contributed by atoms with Crippen LogP contribution >= 0.6 is 55.1 Å². The van der Waals surface area contributed by atoms with Crippen LogP contribution in [0.25, 0.3) is 0 Å². The summed E-state index contributed by atoms with van der Waals surface area (Å²) in [7, 11) is 0. The summed E-state index contributed by atoms with van der Waals surface area (Å²) < 4.78 is 15.6. The molecule has 0 unspecified atom stereocenters. The summed E-state index contributed by atoms with van der Waals surface area (Å²) in [5.41, 5.74) is 12.1. The first-order valence-corrected chi connectivity index (χ1v) is 20.6. The molecule has 0 N–H and O–H groups in total. The van der Waals surface area contributed by atoms with Crippen LogP contribution in [0.2, 0.25) is 10.0 Å². The van der Waals surface area contributed by atoms with Crippen molar-refractivity contribution in [1.82, 2.24) is 0 Å². The summed E-state index contributed by atoms with van der Waals surface area (Å²) in [6, 6.07) is 47.5. The standard InChI is InChI=1S/C48H30Br2Cl2O2/c49-29-22-18-28-20-24-32-43(47(37(28)25-29)33-9-1-5-13-39(33)53-40-14-6-2-10-34(40)47)31-23-19-27-17-21-30(50)26-38(27)48(44(31)46(52)45(32)51)35-11-3-7-15-41(35)54-42-16-8-4-12-36(42)48/h1-18,21-22,25-26H,19-20,23-24H2. The SMILES string of the molecule is Clc1c(Cl)c2c(c3c1CCc1ccc(Br)cc1C31c3ccccc3Oc3ccccc31)CCc1ccc(Br)cc1C21c2ccccc2Oc2ccccc21. The normalized spacial score (nSPS) is 16.1. The Bertz CT molecular complexity index is 2660. The number of aryl methyl sites for hydroxylation is 2. The van der Waals surface area contributed by atoms with E-state index in [-0.39, 0.29) is 0 Å².